The van der Waals surface area contributed by atoms with Gasteiger partial charge in [0.1, 0.15) is 5.92 Å². The van der Waals surface area contributed by atoms with Gasteiger partial charge in [0.25, 0.3) is 0 Å². The van der Waals surface area contributed by atoms with Gasteiger partial charge in [0.15, 0.2) is 0 Å². The van der Waals surface area contributed by atoms with Crippen molar-refractivity contribution < 1.29 is 19.4 Å². The Kier molecular flexibility index (Phi) is 4.86. The van der Waals surface area contributed by atoms with Gasteiger partial charge in [0.05, 0.1) is 19.3 Å². The van der Waals surface area contributed by atoms with E-state index in [1.165, 1.54) is 6.42 Å². The molecule has 2 aliphatic rings. The van der Waals surface area contributed by atoms with Gasteiger partial charge in [-0.25, -0.2) is 4.79 Å². The van der Waals surface area contributed by atoms with Crippen LogP contribution in [0.5, 0.6) is 0 Å². The minimum absolute atomic E-state index is 0.0649. The number of amides is 2. The van der Waals surface area contributed by atoms with Gasteiger partial charge in [-0.3, -0.25) is 4.79 Å². The third kappa shape index (κ3) is 3.06. The molecule has 0 aromatic heterocycles. The monoisotopic (exact) mass is 284 g/mol. The normalized spacial score (nSPS) is 30.3. The van der Waals surface area contributed by atoms with Gasteiger partial charge in [-0.15, -0.1) is 0 Å². The Morgan fingerprint density at radius 2 is 2.15 bits per heavy atom. The Morgan fingerprint density at radius 3 is 2.80 bits per heavy atom. The Bertz CT molecular complexity index is 374. The predicted octanol–water partition coefficient (Wildman–Crippen LogP) is 1.26. The Morgan fingerprint density at radius 1 is 1.40 bits per heavy atom. The Balaban J connectivity index is 1.99. The number of ether oxygens (including phenoxy) is 1. The third-order valence-corrected chi connectivity index (χ3v) is 4.53. The van der Waals surface area contributed by atoms with Crippen molar-refractivity contribution in [2.75, 3.05) is 33.4 Å². The third-order valence-electron chi connectivity index (χ3n) is 4.53. The summed E-state index contributed by atoms with van der Waals surface area (Å²) in [7, 11) is 1.69. The highest BCUT2D eigenvalue weighted by Gasteiger charge is 2.40. The number of aliphatic carboxylic acids is 1. The Hall–Kier alpha value is -1.30. The van der Waals surface area contributed by atoms with Crippen LogP contribution >= 0.6 is 0 Å². The van der Waals surface area contributed by atoms with Crippen molar-refractivity contribution in [3.63, 3.8) is 0 Å². The fourth-order valence-electron chi connectivity index (χ4n) is 3.10. The molecule has 0 aromatic carbocycles. The van der Waals surface area contributed by atoms with Gasteiger partial charge in [-0.2, -0.15) is 0 Å². The first-order valence-electron chi connectivity index (χ1n) is 7.36. The molecule has 2 rings (SSSR count). The maximum Gasteiger partial charge on any atom is 0.320 e. The van der Waals surface area contributed by atoms with E-state index in [2.05, 4.69) is 6.92 Å². The van der Waals surface area contributed by atoms with E-state index < -0.39 is 11.9 Å². The molecule has 114 valence electrons. The van der Waals surface area contributed by atoms with E-state index >= 15 is 0 Å². The molecule has 2 aliphatic heterocycles. The van der Waals surface area contributed by atoms with Crippen molar-refractivity contribution in [2.45, 2.75) is 32.2 Å². The van der Waals surface area contributed by atoms with Crippen molar-refractivity contribution in [3.8, 4) is 0 Å². The van der Waals surface area contributed by atoms with Crippen LogP contribution in [0.3, 0.4) is 0 Å². The number of rotatable bonds is 3. The first-order chi connectivity index (χ1) is 9.54. The number of piperidine rings is 1. The summed E-state index contributed by atoms with van der Waals surface area (Å²) < 4.78 is 5.24. The maximum absolute atomic E-state index is 12.5. The molecule has 0 aromatic rings. The van der Waals surface area contributed by atoms with Crippen molar-refractivity contribution >= 4 is 12.0 Å². The molecule has 6 nitrogen and oxygen atoms in total. The van der Waals surface area contributed by atoms with E-state index in [1.54, 1.807) is 11.9 Å². The minimum Gasteiger partial charge on any atom is -0.481 e. The Labute approximate surface area is 119 Å². The molecule has 3 unspecified atom stereocenters. The zero-order valence-corrected chi connectivity index (χ0v) is 12.2. The number of urea groups is 1. The van der Waals surface area contributed by atoms with E-state index in [0.29, 0.717) is 12.5 Å². The van der Waals surface area contributed by atoms with Crippen LogP contribution in [0.25, 0.3) is 0 Å². The van der Waals surface area contributed by atoms with Gasteiger partial charge >= 0.3 is 12.0 Å². The summed E-state index contributed by atoms with van der Waals surface area (Å²) in [6.45, 7) is 4.20. The molecule has 2 saturated heterocycles. The lowest BCUT2D eigenvalue weighted by molar-refractivity contribution is -0.142. The minimum atomic E-state index is -0.891. The SMILES string of the molecule is CCC1CCCN(C(=O)N(C)C2COCC2C(=O)O)C1. The molecule has 2 fully saturated rings. The van der Waals surface area contributed by atoms with Crippen LogP contribution in [0.15, 0.2) is 0 Å². The molecular formula is C14H24N2O4. The number of hydrogen-bond acceptors (Lipinski definition) is 3. The van der Waals surface area contributed by atoms with E-state index in [9.17, 15) is 14.7 Å². The van der Waals surface area contributed by atoms with Crippen LogP contribution in [0.4, 0.5) is 4.79 Å². The number of nitrogens with zero attached hydrogens (tertiary/aromatic N) is 2. The summed E-state index contributed by atoms with van der Waals surface area (Å²) in [5.41, 5.74) is 0. The quantitative estimate of drug-likeness (QED) is 0.847. The van der Waals surface area contributed by atoms with Crippen molar-refractivity contribution in [3.05, 3.63) is 0 Å². The number of likely N-dealkylation sites (tertiary alicyclic amines) is 1. The van der Waals surface area contributed by atoms with Crippen LogP contribution in [-0.4, -0.2) is 66.3 Å². The highest BCUT2D eigenvalue weighted by atomic mass is 16.5. The molecule has 0 spiro atoms. The van der Waals surface area contributed by atoms with E-state index in [-0.39, 0.29) is 18.7 Å². The molecule has 20 heavy (non-hydrogen) atoms. The van der Waals surface area contributed by atoms with E-state index in [0.717, 1.165) is 25.9 Å². The molecule has 0 radical (unpaired) electrons. The topological polar surface area (TPSA) is 70.1 Å². The lowest BCUT2D eigenvalue weighted by Crippen LogP contribution is -2.52. The number of carboxylic acids is 1. The zero-order valence-electron chi connectivity index (χ0n) is 12.2. The molecule has 3 atom stereocenters. The second-order valence-corrected chi connectivity index (χ2v) is 5.81. The smallest absolute Gasteiger partial charge is 0.320 e. The van der Waals surface area contributed by atoms with Crippen LogP contribution in [0.2, 0.25) is 0 Å². The summed E-state index contributed by atoms with van der Waals surface area (Å²) in [6, 6.07) is -0.424. The second-order valence-electron chi connectivity index (χ2n) is 5.81. The molecule has 0 aliphatic carbocycles. The standard InChI is InChI=1S/C14H24N2O4/c1-3-10-5-4-6-16(7-10)14(19)15(2)12-9-20-8-11(12)13(17)18/h10-12H,3-9H2,1-2H3,(H,17,18). The molecule has 1 N–H and O–H groups in total. The fourth-order valence-corrected chi connectivity index (χ4v) is 3.10. The maximum atomic E-state index is 12.5. The summed E-state index contributed by atoms with van der Waals surface area (Å²) in [6.07, 6.45) is 3.29. The highest BCUT2D eigenvalue weighted by Crippen LogP contribution is 2.23. The van der Waals surface area contributed by atoms with Gasteiger partial charge in [-0.05, 0) is 18.8 Å². The average molecular weight is 284 g/mol. The average Bonchev–Trinajstić information content (AvgIpc) is 2.95. The number of carbonyl (C=O) groups excluding carboxylic acids is 1. The van der Waals surface area contributed by atoms with Crippen LogP contribution in [0, 0.1) is 11.8 Å². The van der Waals surface area contributed by atoms with Gasteiger partial charge < -0.3 is 19.6 Å². The first-order valence-corrected chi connectivity index (χ1v) is 7.36. The number of carboxylic acid groups (broad SMARTS) is 1. The predicted molar refractivity (Wildman–Crippen MR) is 73.5 cm³/mol. The molecular weight excluding hydrogens is 260 g/mol. The number of likely N-dealkylation sites (N-methyl/N-ethyl adjacent to an activating group) is 1. The summed E-state index contributed by atoms with van der Waals surface area (Å²) in [5.74, 6) is -0.941. The van der Waals surface area contributed by atoms with Crippen LogP contribution < -0.4 is 0 Å². The second kappa shape index (κ2) is 6.43. The largest absolute Gasteiger partial charge is 0.481 e. The van der Waals surface area contributed by atoms with Crippen LogP contribution in [0.1, 0.15) is 26.2 Å². The van der Waals surface area contributed by atoms with Crippen LogP contribution in [-0.2, 0) is 9.53 Å². The van der Waals surface area contributed by atoms with Gasteiger partial charge in [0.2, 0.25) is 0 Å². The number of carbonyl (C=O) groups is 2. The fraction of sp³-hybridized carbons (Fsp3) is 0.857. The molecule has 2 heterocycles. The summed E-state index contributed by atoms with van der Waals surface area (Å²) >= 11 is 0. The van der Waals surface area contributed by atoms with Gasteiger partial charge in [-0.1, -0.05) is 13.3 Å². The molecule has 2 amide bonds. The summed E-state index contributed by atoms with van der Waals surface area (Å²) in [5, 5.41) is 9.17. The first kappa shape index (κ1) is 15.1. The highest BCUT2D eigenvalue weighted by molar-refractivity contribution is 5.77. The van der Waals surface area contributed by atoms with Crippen molar-refractivity contribution in [2.24, 2.45) is 11.8 Å². The van der Waals surface area contributed by atoms with Crippen molar-refractivity contribution in [1.29, 1.82) is 0 Å². The molecule has 6 heteroatoms. The lowest BCUT2D eigenvalue weighted by Gasteiger charge is -2.37. The lowest BCUT2D eigenvalue weighted by atomic mass is 9.96. The number of hydrogen-bond donors (Lipinski definition) is 1. The zero-order chi connectivity index (χ0) is 14.7. The molecule has 0 bridgehead atoms. The molecule has 0 saturated carbocycles. The van der Waals surface area contributed by atoms with Gasteiger partial charge in [0, 0.05) is 20.1 Å². The van der Waals surface area contributed by atoms with E-state index in [4.69, 9.17) is 4.74 Å². The van der Waals surface area contributed by atoms with Crippen molar-refractivity contribution in [1.82, 2.24) is 9.80 Å². The van der Waals surface area contributed by atoms with E-state index in [1.807, 2.05) is 4.90 Å². The summed E-state index contributed by atoms with van der Waals surface area (Å²) in [4.78, 5) is 27.1.